The third-order valence-electron chi connectivity index (χ3n) is 2.97. The highest BCUT2D eigenvalue weighted by molar-refractivity contribution is 5.93. The summed E-state index contributed by atoms with van der Waals surface area (Å²) in [5.41, 5.74) is 10.2. The van der Waals surface area contributed by atoms with Gasteiger partial charge >= 0.3 is 0 Å². The number of hydrogen-bond acceptors (Lipinski definition) is 2. The predicted octanol–water partition coefficient (Wildman–Crippen LogP) is 3.14. The lowest BCUT2D eigenvalue weighted by molar-refractivity contribution is 0.628. The fraction of sp³-hybridized carbons (Fsp3) is 0.308. The minimum Gasteiger partial charge on any atom is -0.398 e. The third-order valence-corrected chi connectivity index (χ3v) is 2.97. The first kappa shape index (κ1) is 10.9. The van der Waals surface area contributed by atoms with Crippen molar-refractivity contribution in [2.75, 3.05) is 5.73 Å². The quantitative estimate of drug-likeness (QED) is 0.798. The van der Waals surface area contributed by atoms with Crippen molar-refractivity contribution in [2.45, 2.75) is 27.2 Å². The highest BCUT2D eigenvalue weighted by atomic mass is 19.1. The van der Waals surface area contributed by atoms with Crippen molar-refractivity contribution in [3.05, 3.63) is 34.8 Å². The zero-order valence-corrected chi connectivity index (χ0v) is 9.76. The molecule has 2 nitrogen and oxygen atoms in total. The molecule has 0 atom stereocenters. The zero-order valence-electron chi connectivity index (χ0n) is 9.76. The molecule has 3 heteroatoms. The van der Waals surface area contributed by atoms with Crippen LogP contribution in [0.25, 0.3) is 10.9 Å². The summed E-state index contributed by atoms with van der Waals surface area (Å²) in [6.45, 7) is 5.83. The van der Waals surface area contributed by atoms with E-state index in [0.29, 0.717) is 11.1 Å². The van der Waals surface area contributed by atoms with E-state index in [4.69, 9.17) is 5.73 Å². The first-order valence-corrected chi connectivity index (χ1v) is 5.39. The summed E-state index contributed by atoms with van der Waals surface area (Å²) in [6, 6.07) is 2.95. The average molecular weight is 218 g/mol. The molecule has 0 fully saturated rings. The second-order valence-electron chi connectivity index (χ2n) is 4.07. The first-order valence-electron chi connectivity index (χ1n) is 5.39. The standard InChI is InChI=1S/C13H15FN2/c1-4-11-8(3)12(15)10-6-9(14)5-7(2)13(10)16-11/h5-6H,4H2,1-3H3,(H2,15,16). The molecule has 16 heavy (non-hydrogen) atoms. The lowest BCUT2D eigenvalue weighted by atomic mass is 10.0. The number of fused-ring (bicyclic) bond motifs is 1. The number of nitrogens with zero attached hydrogens (tertiary/aromatic N) is 1. The molecule has 0 aliphatic rings. The van der Waals surface area contributed by atoms with Crippen LogP contribution in [0.3, 0.4) is 0 Å². The second kappa shape index (κ2) is 3.74. The maximum absolute atomic E-state index is 13.3. The summed E-state index contributed by atoms with van der Waals surface area (Å²) in [5, 5.41) is 0.715. The van der Waals surface area contributed by atoms with Crippen LogP contribution in [0.15, 0.2) is 12.1 Å². The van der Waals surface area contributed by atoms with Gasteiger partial charge in [-0.2, -0.15) is 0 Å². The molecule has 0 amide bonds. The van der Waals surface area contributed by atoms with Gasteiger partial charge in [0.05, 0.1) is 5.52 Å². The number of aryl methyl sites for hydroxylation is 2. The van der Waals surface area contributed by atoms with Gasteiger partial charge in [-0.05, 0) is 43.5 Å². The molecule has 1 aromatic heterocycles. The van der Waals surface area contributed by atoms with Crippen molar-refractivity contribution < 1.29 is 4.39 Å². The van der Waals surface area contributed by atoms with Gasteiger partial charge in [0.25, 0.3) is 0 Å². The van der Waals surface area contributed by atoms with Gasteiger partial charge in [0.1, 0.15) is 5.82 Å². The van der Waals surface area contributed by atoms with Crippen molar-refractivity contribution in [2.24, 2.45) is 0 Å². The first-order chi connectivity index (χ1) is 7.54. The van der Waals surface area contributed by atoms with E-state index in [-0.39, 0.29) is 5.82 Å². The van der Waals surface area contributed by atoms with Crippen LogP contribution in [0, 0.1) is 19.7 Å². The Bertz CT molecular complexity index is 562. The molecule has 0 spiro atoms. The monoisotopic (exact) mass is 218 g/mol. The number of rotatable bonds is 1. The van der Waals surface area contributed by atoms with Crippen molar-refractivity contribution >= 4 is 16.6 Å². The van der Waals surface area contributed by atoms with Crippen molar-refractivity contribution in [3.63, 3.8) is 0 Å². The Kier molecular flexibility index (Phi) is 2.54. The maximum atomic E-state index is 13.3. The smallest absolute Gasteiger partial charge is 0.124 e. The topological polar surface area (TPSA) is 38.9 Å². The van der Waals surface area contributed by atoms with E-state index in [0.717, 1.165) is 28.8 Å². The number of benzene rings is 1. The van der Waals surface area contributed by atoms with Gasteiger partial charge in [0.2, 0.25) is 0 Å². The summed E-state index contributed by atoms with van der Waals surface area (Å²) < 4.78 is 13.3. The summed E-state index contributed by atoms with van der Waals surface area (Å²) in [5.74, 6) is -0.262. The van der Waals surface area contributed by atoms with Crippen molar-refractivity contribution in [3.8, 4) is 0 Å². The average Bonchev–Trinajstić information content (AvgIpc) is 2.24. The van der Waals surface area contributed by atoms with Gasteiger partial charge in [-0.15, -0.1) is 0 Å². The number of nitrogen functional groups attached to an aromatic ring is 1. The summed E-state index contributed by atoms with van der Waals surface area (Å²) >= 11 is 0. The Morgan fingerprint density at radius 1 is 1.31 bits per heavy atom. The number of halogens is 1. The van der Waals surface area contributed by atoms with E-state index in [9.17, 15) is 4.39 Å². The van der Waals surface area contributed by atoms with Crippen molar-refractivity contribution in [1.82, 2.24) is 4.98 Å². The van der Waals surface area contributed by atoms with Crippen LogP contribution in [-0.2, 0) is 6.42 Å². The van der Waals surface area contributed by atoms with E-state index < -0.39 is 0 Å². The number of pyridine rings is 1. The molecule has 0 unspecified atom stereocenters. The number of aromatic nitrogens is 1. The Hall–Kier alpha value is -1.64. The van der Waals surface area contributed by atoms with E-state index in [1.807, 2.05) is 20.8 Å². The number of anilines is 1. The van der Waals surface area contributed by atoms with Crippen LogP contribution in [0.1, 0.15) is 23.7 Å². The van der Waals surface area contributed by atoms with Gasteiger partial charge in [0.15, 0.2) is 0 Å². The summed E-state index contributed by atoms with van der Waals surface area (Å²) in [4.78, 5) is 4.55. The van der Waals surface area contributed by atoms with E-state index >= 15 is 0 Å². The van der Waals surface area contributed by atoms with Crippen LogP contribution < -0.4 is 5.73 Å². The lowest BCUT2D eigenvalue weighted by Crippen LogP contribution is -2.01. The Balaban J connectivity index is 2.92. The highest BCUT2D eigenvalue weighted by Crippen LogP contribution is 2.28. The molecule has 0 aliphatic heterocycles. The minimum absolute atomic E-state index is 0.262. The lowest BCUT2D eigenvalue weighted by Gasteiger charge is -2.11. The van der Waals surface area contributed by atoms with Crippen molar-refractivity contribution in [1.29, 1.82) is 0 Å². The highest BCUT2D eigenvalue weighted by Gasteiger charge is 2.10. The van der Waals surface area contributed by atoms with Crippen LogP contribution in [-0.4, -0.2) is 4.98 Å². The third kappa shape index (κ3) is 1.52. The molecular weight excluding hydrogens is 203 g/mol. The van der Waals surface area contributed by atoms with E-state index in [1.54, 1.807) is 0 Å². The van der Waals surface area contributed by atoms with E-state index in [2.05, 4.69) is 4.98 Å². The molecule has 0 saturated carbocycles. The Morgan fingerprint density at radius 2 is 2.00 bits per heavy atom. The minimum atomic E-state index is -0.262. The molecule has 2 aromatic rings. The van der Waals surface area contributed by atoms with Crippen LogP contribution >= 0.6 is 0 Å². The number of nitrogens with two attached hydrogens (primary N) is 1. The second-order valence-corrected chi connectivity index (χ2v) is 4.07. The maximum Gasteiger partial charge on any atom is 0.124 e. The Labute approximate surface area is 94.3 Å². The molecule has 0 aliphatic carbocycles. The van der Waals surface area contributed by atoms with Crippen LogP contribution in [0.2, 0.25) is 0 Å². The molecule has 0 saturated heterocycles. The molecule has 0 radical (unpaired) electrons. The molecule has 2 rings (SSSR count). The van der Waals surface area contributed by atoms with Crippen LogP contribution in [0.5, 0.6) is 0 Å². The molecule has 1 heterocycles. The van der Waals surface area contributed by atoms with Gasteiger partial charge in [0, 0.05) is 16.8 Å². The van der Waals surface area contributed by atoms with E-state index in [1.165, 1.54) is 12.1 Å². The largest absolute Gasteiger partial charge is 0.398 e. The van der Waals surface area contributed by atoms with Gasteiger partial charge in [-0.25, -0.2) is 4.39 Å². The molecule has 0 bridgehead atoms. The summed E-state index contributed by atoms with van der Waals surface area (Å²) in [7, 11) is 0. The number of hydrogen-bond donors (Lipinski definition) is 1. The predicted molar refractivity (Wildman–Crippen MR) is 65.0 cm³/mol. The van der Waals surface area contributed by atoms with Gasteiger partial charge < -0.3 is 5.73 Å². The van der Waals surface area contributed by atoms with Gasteiger partial charge in [-0.1, -0.05) is 6.92 Å². The fourth-order valence-corrected chi connectivity index (χ4v) is 2.01. The Morgan fingerprint density at radius 3 is 2.62 bits per heavy atom. The molecule has 1 aromatic carbocycles. The normalized spacial score (nSPS) is 11.0. The molecule has 84 valence electrons. The van der Waals surface area contributed by atoms with Gasteiger partial charge in [-0.3, -0.25) is 4.98 Å². The zero-order chi connectivity index (χ0) is 11.9. The fourth-order valence-electron chi connectivity index (χ4n) is 2.01. The summed E-state index contributed by atoms with van der Waals surface area (Å²) in [6.07, 6.45) is 0.836. The SMILES string of the molecule is CCc1nc2c(C)cc(F)cc2c(N)c1C. The molecular formula is C13H15FN2. The molecule has 2 N–H and O–H groups in total. The van der Waals surface area contributed by atoms with Crippen LogP contribution in [0.4, 0.5) is 10.1 Å².